The summed E-state index contributed by atoms with van der Waals surface area (Å²) in [6.07, 6.45) is 1.49. The summed E-state index contributed by atoms with van der Waals surface area (Å²) in [7, 11) is 1.50. The van der Waals surface area contributed by atoms with Crippen LogP contribution in [0.4, 0.5) is 0 Å². The van der Waals surface area contributed by atoms with Crippen LogP contribution in [0, 0.1) is 0 Å². The van der Waals surface area contributed by atoms with Gasteiger partial charge in [0.05, 0.1) is 12.9 Å². The summed E-state index contributed by atoms with van der Waals surface area (Å²) in [6, 6.07) is 3.39. The summed E-state index contributed by atoms with van der Waals surface area (Å²) in [5.74, 6) is -0.0305. The number of aromatic nitrogens is 4. The van der Waals surface area contributed by atoms with Crippen molar-refractivity contribution in [2.24, 2.45) is 0 Å². The zero-order valence-corrected chi connectivity index (χ0v) is 11.7. The number of carbonyl (C=O) groups excluding carboxylic acids is 2. The van der Waals surface area contributed by atoms with Crippen molar-refractivity contribution in [2.75, 3.05) is 20.2 Å². The van der Waals surface area contributed by atoms with Crippen LogP contribution in [-0.2, 0) is 20.9 Å². The number of hydrogen-bond acceptors (Lipinski definition) is 7. The first-order valence-corrected chi connectivity index (χ1v) is 6.31. The predicted octanol–water partition coefficient (Wildman–Crippen LogP) is -0.0454. The second kappa shape index (κ2) is 6.64. The molecule has 21 heavy (non-hydrogen) atoms. The molecule has 2 heterocycles. The molecular formula is C12H15N5O4. The maximum atomic E-state index is 11.9. The second-order valence-corrected chi connectivity index (χ2v) is 4.18. The van der Waals surface area contributed by atoms with E-state index >= 15 is 0 Å². The van der Waals surface area contributed by atoms with E-state index in [1.807, 2.05) is 0 Å². The Kier molecular flexibility index (Phi) is 4.64. The summed E-state index contributed by atoms with van der Waals surface area (Å²) < 4.78 is 9.90. The van der Waals surface area contributed by atoms with Gasteiger partial charge in [-0.05, 0) is 24.3 Å². The molecule has 9 nitrogen and oxygen atoms in total. The highest BCUT2D eigenvalue weighted by Gasteiger charge is 2.16. The third-order valence-corrected chi connectivity index (χ3v) is 2.57. The quantitative estimate of drug-likeness (QED) is 0.688. The monoisotopic (exact) mass is 293 g/mol. The highest BCUT2D eigenvalue weighted by Crippen LogP contribution is 2.12. The Bertz CT molecular complexity index is 607. The van der Waals surface area contributed by atoms with Gasteiger partial charge in [-0.25, -0.2) is 0 Å². The van der Waals surface area contributed by atoms with E-state index in [4.69, 9.17) is 9.15 Å². The maximum absolute atomic E-state index is 11.9. The first-order chi connectivity index (χ1) is 10.1. The third-order valence-electron chi connectivity index (χ3n) is 2.57. The molecule has 0 aliphatic heterocycles. The van der Waals surface area contributed by atoms with E-state index in [0.717, 1.165) is 4.80 Å². The number of nitrogens with zero attached hydrogens (tertiary/aromatic N) is 5. The van der Waals surface area contributed by atoms with E-state index in [9.17, 15) is 9.59 Å². The molecule has 0 atom stereocenters. The fraction of sp³-hybridized carbons (Fsp3) is 0.417. The Morgan fingerprint density at radius 3 is 2.95 bits per heavy atom. The minimum Gasteiger partial charge on any atom is -0.465 e. The first-order valence-electron chi connectivity index (χ1n) is 6.31. The number of amides is 1. The van der Waals surface area contributed by atoms with Crippen molar-refractivity contribution in [3.63, 3.8) is 0 Å². The van der Waals surface area contributed by atoms with Crippen molar-refractivity contribution in [2.45, 2.75) is 13.5 Å². The van der Waals surface area contributed by atoms with Crippen LogP contribution in [-0.4, -0.2) is 57.2 Å². The average molecular weight is 293 g/mol. The number of rotatable bonds is 6. The van der Waals surface area contributed by atoms with E-state index in [2.05, 4.69) is 15.4 Å². The summed E-state index contributed by atoms with van der Waals surface area (Å²) in [4.78, 5) is 25.6. The van der Waals surface area contributed by atoms with Crippen molar-refractivity contribution in [1.29, 1.82) is 0 Å². The molecule has 9 heteroatoms. The molecular weight excluding hydrogens is 278 g/mol. The molecule has 0 radical (unpaired) electrons. The molecule has 2 rings (SSSR count). The number of hydrogen-bond donors (Lipinski definition) is 0. The summed E-state index contributed by atoms with van der Waals surface area (Å²) >= 11 is 0. The smallest absolute Gasteiger partial charge is 0.325 e. The van der Waals surface area contributed by atoms with Crippen LogP contribution in [0.15, 0.2) is 22.8 Å². The van der Waals surface area contributed by atoms with Crippen LogP contribution in [0.5, 0.6) is 0 Å². The Morgan fingerprint density at radius 2 is 2.29 bits per heavy atom. The van der Waals surface area contributed by atoms with Gasteiger partial charge in [0.25, 0.3) is 0 Å². The molecule has 0 aromatic carbocycles. The van der Waals surface area contributed by atoms with Crippen LogP contribution < -0.4 is 0 Å². The normalized spacial score (nSPS) is 10.4. The van der Waals surface area contributed by atoms with Crippen LogP contribution in [0.2, 0.25) is 0 Å². The van der Waals surface area contributed by atoms with E-state index in [-0.39, 0.29) is 25.6 Å². The van der Waals surface area contributed by atoms with Gasteiger partial charge in [0.1, 0.15) is 13.1 Å². The highest BCUT2D eigenvalue weighted by atomic mass is 16.5. The summed E-state index contributed by atoms with van der Waals surface area (Å²) in [5, 5.41) is 11.6. The molecule has 2 aromatic rings. The van der Waals surface area contributed by atoms with Crippen molar-refractivity contribution < 1.29 is 18.7 Å². The van der Waals surface area contributed by atoms with E-state index in [1.54, 1.807) is 19.1 Å². The van der Waals surface area contributed by atoms with Gasteiger partial charge < -0.3 is 14.1 Å². The van der Waals surface area contributed by atoms with Crippen molar-refractivity contribution in [3.05, 3.63) is 18.4 Å². The van der Waals surface area contributed by atoms with Crippen LogP contribution in [0.25, 0.3) is 11.6 Å². The Hall–Kier alpha value is -2.71. The lowest BCUT2D eigenvalue weighted by Crippen LogP contribution is -2.35. The van der Waals surface area contributed by atoms with Crippen molar-refractivity contribution in [3.8, 4) is 11.6 Å². The Balaban J connectivity index is 1.92. The van der Waals surface area contributed by atoms with E-state index in [0.29, 0.717) is 11.6 Å². The molecule has 0 saturated carbocycles. The lowest BCUT2D eigenvalue weighted by Gasteiger charge is -2.15. The van der Waals surface area contributed by atoms with Gasteiger partial charge in [0.2, 0.25) is 11.7 Å². The minimum absolute atomic E-state index is 0.119. The number of furan rings is 1. The largest absolute Gasteiger partial charge is 0.465 e. The van der Waals surface area contributed by atoms with Gasteiger partial charge in [-0.2, -0.15) is 4.80 Å². The van der Waals surface area contributed by atoms with E-state index < -0.39 is 5.97 Å². The molecule has 0 aliphatic rings. The number of carbonyl (C=O) groups is 2. The third kappa shape index (κ3) is 3.88. The Morgan fingerprint density at radius 1 is 1.48 bits per heavy atom. The van der Waals surface area contributed by atoms with Gasteiger partial charge in [-0.3, -0.25) is 9.59 Å². The van der Waals surface area contributed by atoms with Gasteiger partial charge >= 0.3 is 5.97 Å². The molecule has 2 aromatic heterocycles. The average Bonchev–Trinajstić information content (AvgIpc) is 3.08. The van der Waals surface area contributed by atoms with Crippen LogP contribution in [0.1, 0.15) is 6.92 Å². The number of ether oxygens (including phenoxy) is 1. The Labute approximate surface area is 120 Å². The standard InChI is InChI=1S/C12H15N5O4/c1-3-20-11(19)8-16(2)10(18)7-17-14-12(13-15-17)9-5-4-6-21-9/h4-6H,3,7-8H2,1-2H3. The molecule has 0 aliphatic carbocycles. The van der Waals surface area contributed by atoms with Gasteiger partial charge in [-0.15, -0.1) is 10.2 Å². The van der Waals surface area contributed by atoms with Crippen molar-refractivity contribution in [1.82, 2.24) is 25.1 Å². The zero-order valence-electron chi connectivity index (χ0n) is 11.7. The predicted molar refractivity (Wildman–Crippen MR) is 69.8 cm³/mol. The lowest BCUT2D eigenvalue weighted by atomic mass is 10.4. The first kappa shape index (κ1) is 14.7. The minimum atomic E-state index is -0.462. The zero-order chi connectivity index (χ0) is 15.2. The number of tetrazole rings is 1. The fourth-order valence-corrected chi connectivity index (χ4v) is 1.54. The van der Waals surface area contributed by atoms with Crippen LogP contribution >= 0.6 is 0 Å². The molecule has 0 saturated heterocycles. The molecule has 0 fully saturated rings. The summed E-state index contributed by atoms with van der Waals surface area (Å²) in [5.41, 5.74) is 0. The molecule has 0 unspecified atom stereocenters. The molecule has 0 spiro atoms. The van der Waals surface area contributed by atoms with Gasteiger partial charge in [0, 0.05) is 7.05 Å². The van der Waals surface area contributed by atoms with E-state index in [1.165, 1.54) is 18.2 Å². The summed E-state index contributed by atoms with van der Waals surface area (Å²) in [6.45, 7) is 1.74. The fourth-order valence-electron chi connectivity index (χ4n) is 1.54. The molecule has 112 valence electrons. The maximum Gasteiger partial charge on any atom is 0.325 e. The van der Waals surface area contributed by atoms with Gasteiger partial charge in [0.15, 0.2) is 5.76 Å². The van der Waals surface area contributed by atoms with Gasteiger partial charge in [-0.1, -0.05) is 0 Å². The second-order valence-electron chi connectivity index (χ2n) is 4.18. The highest BCUT2D eigenvalue weighted by molar-refractivity contribution is 5.81. The van der Waals surface area contributed by atoms with Crippen molar-refractivity contribution >= 4 is 11.9 Å². The topological polar surface area (TPSA) is 103 Å². The number of esters is 1. The SMILES string of the molecule is CCOC(=O)CN(C)C(=O)Cn1nnc(-c2ccco2)n1. The number of likely N-dealkylation sites (N-methyl/N-ethyl adjacent to an activating group) is 1. The van der Waals surface area contributed by atoms with Crippen LogP contribution in [0.3, 0.4) is 0 Å². The molecule has 0 bridgehead atoms. The molecule has 0 N–H and O–H groups in total. The molecule has 1 amide bonds. The lowest BCUT2D eigenvalue weighted by molar-refractivity contribution is -0.148.